The second kappa shape index (κ2) is 5.84. The number of anilines is 2. The summed E-state index contributed by atoms with van der Waals surface area (Å²) in [5.74, 6) is -0.242. The molecule has 1 amide bonds. The zero-order chi connectivity index (χ0) is 15.4. The summed E-state index contributed by atoms with van der Waals surface area (Å²) in [5.41, 5.74) is 6.86. The third kappa shape index (κ3) is 3.04. The lowest BCUT2D eigenvalue weighted by molar-refractivity contribution is 0.102. The van der Waals surface area contributed by atoms with Crippen LogP contribution in [0.2, 0.25) is 0 Å². The molecule has 0 aliphatic rings. The molecule has 0 heterocycles. The van der Waals surface area contributed by atoms with E-state index in [1.807, 2.05) is 6.07 Å². The second-order valence-electron chi connectivity index (χ2n) is 4.25. The zero-order valence-electron chi connectivity index (χ0n) is 11.3. The Morgan fingerprint density at radius 1 is 1.33 bits per heavy atom. The summed E-state index contributed by atoms with van der Waals surface area (Å²) in [5, 5.41) is 21.1. The van der Waals surface area contributed by atoms with Crippen molar-refractivity contribution in [3.63, 3.8) is 0 Å². The highest BCUT2D eigenvalue weighted by atomic mass is 16.5. The van der Waals surface area contributed by atoms with Gasteiger partial charge in [0.2, 0.25) is 0 Å². The van der Waals surface area contributed by atoms with Gasteiger partial charge in [-0.15, -0.1) is 0 Å². The van der Waals surface area contributed by atoms with Gasteiger partial charge in [-0.1, -0.05) is 0 Å². The summed E-state index contributed by atoms with van der Waals surface area (Å²) < 4.78 is 5.01. The predicted molar refractivity (Wildman–Crippen MR) is 78.2 cm³/mol. The van der Waals surface area contributed by atoms with Crippen molar-refractivity contribution in [2.75, 3.05) is 18.2 Å². The molecule has 0 fully saturated rings. The van der Waals surface area contributed by atoms with Crippen molar-refractivity contribution in [3.05, 3.63) is 47.5 Å². The van der Waals surface area contributed by atoms with Gasteiger partial charge >= 0.3 is 0 Å². The lowest BCUT2D eigenvalue weighted by Crippen LogP contribution is -2.13. The topological polar surface area (TPSA) is 108 Å². The van der Waals surface area contributed by atoms with Gasteiger partial charge < -0.3 is 20.9 Å². The Kier molecular flexibility index (Phi) is 3.95. The summed E-state index contributed by atoms with van der Waals surface area (Å²) in [4.78, 5) is 12.2. The van der Waals surface area contributed by atoms with Gasteiger partial charge in [0, 0.05) is 0 Å². The number of carbonyl (C=O) groups excluding carboxylic acids is 1. The van der Waals surface area contributed by atoms with Crippen molar-refractivity contribution < 1.29 is 14.6 Å². The van der Waals surface area contributed by atoms with Gasteiger partial charge in [0.15, 0.2) is 0 Å². The Bertz CT molecular complexity index is 735. The third-order valence-corrected chi connectivity index (χ3v) is 2.88. The Labute approximate surface area is 121 Å². The molecule has 0 atom stereocenters. The number of methoxy groups -OCH3 is 1. The maximum absolute atomic E-state index is 12.2. The minimum atomic E-state index is -0.525. The molecule has 0 bridgehead atoms. The number of hydrogen-bond donors (Lipinski definition) is 3. The number of nitriles is 1. The summed E-state index contributed by atoms with van der Waals surface area (Å²) in [6.07, 6.45) is 0. The summed E-state index contributed by atoms with van der Waals surface area (Å²) in [6.45, 7) is 0. The summed E-state index contributed by atoms with van der Waals surface area (Å²) in [7, 11) is 1.46. The smallest absolute Gasteiger partial charge is 0.259 e. The SMILES string of the molecule is COc1ccc(O)c(C(=O)Nc2ccc(C#N)cc2N)c1. The Morgan fingerprint density at radius 2 is 2.10 bits per heavy atom. The van der Waals surface area contributed by atoms with E-state index in [0.29, 0.717) is 17.0 Å². The first-order chi connectivity index (χ1) is 10.0. The van der Waals surface area contributed by atoms with Crippen molar-refractivity contribution in [1.29, 1.82) is 5.26 Å². The number of carbonyl (C=O) groups is 1. The van der Waals surface area contributed by atoms with E-state index in [9.17, 15) is 9.90 Å². The van der Waals surface area contributed by atoms with Crippen LogP contribution in [0.1, 0.15) is 15.9 Å². The van der Waals surface area contributed by atoms with Crippen molar-refractivity contribution >= 4 is 17.3 Å². The molecule has 4 N–H and O–H groups in total. The van der Waals surface area contributed by atoms with Crippen LogP contribution in [0.3, 0.4) is 0 Å². The molecule has 0 spiro atoms. The van der Waals surface area contributed by atoms with E-state index < -0.39 is 5.91 Å². The quantitative estimate of drug-likeness (QED) is 0.747. The first-order valence-electron chi connectivity index (χ1n) is 6.03. The number of phenols is 1. The number of aromatic hydroxyl groups is 1. The van der Waals surface area contributed by atoms with E-state index in [1.54, 1.807) is 6.07 Å². The van der Waals surface area contributed by atoms with Gasteiger partial charge in [0.1, 0.15) is 11.5 Å². The molecule has 2 rings (SSSR count). The second-order valence-corrected chi connectivity index (χ2v) is 4.25. The fourth-order valence-electron chi connectivity index (χ4n) is 1.76. The predicted octanol–water partition coefficient (Wildman–Crippen LogP) is 2.11. The van der Waals surface area contributed by atoms with E-state index in [4.69, 9.17) is 15.7 Å². The van der Waals surface area contributed by atoms with E-state index in [1.165, 1.54) is 37.4 Å². The average molecular weight is 283 g/mol. The molecule has 0 saturated heterocycles. The Morgan fingerprint density at radius 3 is 2.71 bits per heavy atom. The van der Waals surface area contributed by atoms with E-state index in [-0.39, 0.29) is 17.0 Å². The lowest BCUT2D eigenvalue weighted by atomic mass is 10.1. The number of amides is 1. The molecule has 2 aromatic carbocycles. The van der Waals surface area contributed by atoms with Crippen LogP contribution < -0.4 is 15.8 Å². The molecular weight excluding hydrogens is 270 g/mol. The summed E-state index contributed by atoms with van der Waals surface area (Å²) in [6, 6.07) is 10.8. The van der Waals surface area contributed by atoms with Crippen molar-refractivity contribution in [1.82, 2.24) is 0 Å². The number of nitrogens with zero attached hydrogens (tertiary/aromatic N) is 1. The molecule has 2 aromatic rings. The number of hydrogen-bond acceptors (Lipinski definition) is 5. The first-order valence-corrected chi connectivity index (χ1v) is 6.03. The molecule has 0 aliphatic carbocycles. The Hall–Kier alpha value is -3.20. The van der Waals surface area contributed by atoms with Crippen LogP contribution in [-0.4, -0.2) is 18.1 Å². The molecule has 6 nitrogen and oxygen atoms in total. The molecule has 6 heteroatoms. The fraction of sp³-hybridized carbons (Fsp3) is 0.0667. The van der Waals surface area contributed by atoms with Gasteiger partial charge in [0.05, 0.1) is 35.7 Å². The normalized spacial score (nSPS) is 9.71. The van der Waals surface area contributed by atoms with Crippen molar-refractivity contribution in [2.45, 2.75) is 0 Å². The molecule has 21 heavy (non-hydrogen) atoms. The zero-order valence-corrected chi connectivity index (χ0v) is 11.3. The molecule has 106 valence electrons. The highest BCUT2D eigenvalue weighted by molar-refractivity contribution is 6.07. The highest BCUT2D eigenvalue weighted by Gasteiger charge is 2.14. The Balaban J connectivity index is 2.28. The minimum absolute atomic E-state index is 0.0677. The van der Waals surface area contributed by atoms with Gasteiger partial charge in [0.25, 0.3) is 5.91 Å². The van der Waals surface area contributed by atoms with Crippen LogP contribution in [0.5, 0.6) is 11.5 Å². The molecule has 0 aromatic heterocycles. The van der Waals surface area contributed by atoms with Crippen molar-refractivity contribution in [3.8, 4) is 17.6 Å². The minimum Gasteiger partial charge on any atom is -0.507 e. The number of nitrogen functional groups attached to an aromatic ring is 1. The standard InChI is InChI=1S/C15H13N3O3/c1-21-10-3-5-14(19)11(7-10)15(20)18-13-4-2-9(8-16)6-12(13)17/h2-7,19H,17H2,1H3,(H,18,20). The van der Waals surface area contributed by atoms with Gasteiger partial charge in [-0.25, -0.2) is 0 Å². The van der Waals surface area contributed by atoms with Gasteiger partial charge in [-0.05, 0) is 36.4 Å². The number of rotatable bonds is 3. The molecule has 0 radical (unpaired) electrons. The van der Waals surface area contributed by atoms with E-state index in [2.05, 4.69) is 5.32 Å². The van der Waals surface area contributed by atoms with E-state index >= 15 is 0 Å². The monoisotopic (exact) mass is 283 g/mol. The van der Waals surface area contributed by atoms with Crippen LogP contribution in [0, 0.1) is 11.3 Å². The van der Waals surface area contributed by atoms with Crippen LogP contribution in [0.15, 0.2) is 36.4 Å². The van der Waals surface area contributed by atoms with Crippen molar-refractivity contribution in [2.24, 2.45) is 0 Å². The number of nitrogens with two attached hydrogens (primary N) is 1. The van der Waals surface area contributed by atoms with Crippen LogP contribution in [0.25, 0.3) is 0 Å². The molecule has 0 unspecified atom stereocenters. The number of phenolic OH excluding ortho intramolecular Hbond substituents is 1. The van der Waals surface area contributed by atoms with Crippen LogP contribution >= 0.6 is 0 Å². The maximum Gasteiger partial charge on any atom is 0.259 e. The largest absolute Gasteiger partial charge is 0.507 e. The van der Waals surface area contributed by atoms with E-state index in [0.717, 1.165) is 0 Å². The average Bonchev–Trinajstić information content (AvgIpc) is 2.49. The maximum atomic E-state index is 12.2. The number of ether oxygens (including phenoxy) is 1. The fourth-order valence-corrected chi connectivity index (χ4v) is 1.76. The number of benzene rings is 2. The van der Waals surface area contributed by atoms with Crippen LogP contribution in [0.4, 0.5) is 11.4 Å². The molecular formula is C15H13N3O3. The van der Waals surface area contributed by atoms with Crippen LogP contribution in [-0.2, 0) is 0 Å². The summed E-state index contributed by atoms with van der Waals surface area (Å²) >= 11 is 0. The third-order valence-electron chi connectivity index (χ3n) is 2.88. The highest BCUT2D eigenvalue weighted by Crippen LogP contribution is 2.25. The number of nitrogens with one attached hydrogen (secondary N) is 1. The molecule has 0 aliphatic heterocycles. The lowest BCUT2D eigenvalue weighted by Gasteiger charge is -2.10. The first kappa shape index (κ1) is 14.2. The van der Waals surface area contributed by atoms with Gasteiger partial charge in [-0.3, -0.25) is 4.79 Å². The van der Waals surface area contributed by atoms with Gasteiger partial charge in [-0.2, -0.15) is 5.26 Å². The molecule has 0 saturated carbocycles.